The van der Waals surface area contributed by atoms with Crippen LogP contribution in [0.1, 0.15) is 28.6 Å². The van der Waals surface area contributed by atoms with Crippen molar-refractivity contribution < 1.29 is 22.7 Å². The molecule has 0 bridgehead atoms. The SMILES string of the molecule is COCC(c1ccccc1C(F)(F)F)n1cnc2c1CCN(c1cnn(C=O)c1Cl)C2. The molecule has 4 rings (SSSR count). The molecule has 164 valence electrons. The molecule has 0 saturated carbocycles. The first-order valence-electron chi connectivity index (χ1n) is 9.48. The van der Waals surface area contributed by atoms with Crippen molar-refractivity contribution in [1.82, 2.24) is 19.3 Å². The first kappa shape index (κ1) is 21.4. The standard InChI is InChI=1S/C20H19ClF3N5O2/c1-31-10-18(13-4-2-3-5-14(13)20(22,23)24)28-11-25-15-9-27(7-6-16(15)28)17-8-26-29(12-30)19(17)21/h2-5,8,11-12,18H,6-7,9-10H2,1H3. The normalized spacial score (nSPS) is 15.1. The number of carbonyl (C=O) groups is 1. The molecule has 2 aromatic heterocycles. The Kier molecular flexibility index (Phi) is 5.76. The lowest BCUT2D eigenvalue weighted by molar-refractivity contribution is -0.138. The maximum atomic E-state index is 13.6. The number of hydrogen-bond acceptors (Lipinski definition) is 5. The van der Waals surface area contributed by atoms with Crippen molar-refractivity contribution in [3.05, 3.63) is 64.5 Å². The molecule has 1 aliphatic heterocycles. The lowest BCUT2D eigenvalue weighted by Crippen LogP contribution is -2.32. The third-order valence-electron chi connectivity index (χ3n) is 5.38. The minimum absolute atomic E-state index is 0.0670. The molecule has 31 heavy (non-hydrogen) atoms. The monoisotopic (exact) mass is 453 g/mol. The van der Waals surface area contributed by atoms with Gasteiger partial charge in [0.1, 0.15) is 0 Å². The molecule has 0 fully saturated rings. The minimum atomic E-state index is -4.48. The second kappa shape index (κ2) is 8.35. The number of benzene rings is 1. The van der Waals surface area contributed by atoms with Crippen LogP contribution in [0.5, 0.6) is 0 Å². The van der Waals surface area contributed by atoms with E-state index in [1.807, 2.05) is 4.90 Å². The van der Waals surface area contributed by atoms with E-state index in [9.17, 15) is 18.0 Å². The highest BCUT2D eigenvalue weighted by Gasteiger charge is 2.36. The van der Waals surface area contributed by atoms with Crippen LogP contribution in [0.4, 0.5) is 18.9 Å². The molecule has 1 aromatic carbocycles. The van der Waals surface area contributed by atoms with E-state index in [0.717, 1.165) is 22.1 Å². The Hall–Kier alpha value is -2.85. The highest BCUT2D eigenvalue weighted by molar-refractivity contribution is 6.32. The third-order valence-corrected chi connectivity index (χ3v) is 5.75. The van der Waals surface area contributed by atoms with Crippen LogP contribution in [-0.4, -0.2) is 46.0 Å². The molecular formula is C20H19ClF3N5O2. The lowest BCUT2D eigenvalue weighted by atomic mass is 9.99. The number of carbonyl (C=O) groups excluding carboxylic acids is 1. The molecule has 0 aliphatic carbocycles. The van der Waals surface area contributed by atoms with Crippen LogP contribution in [0.2, 0.25) is 5.15 Å². The van der Waals surface area contributed by atoms with Gasteiger partial charge >= 0.3 is 6.18 Å². The van der Waals surface area contributed by atoms with Gasteiger partial charge in [-0.25, -0.2) is 4.98 Å². The topological polar surface area (TPSA) is 65.2 Å². The number of aromatic nitrogens is 4. The van der Waals surface area contributed by atoms with Gasteiger partial charge in [-0.1, -0.05) is 29.8 Å². The van der Waals surface area contributed by atoms with Crippen molar-refractivity contribution in [2.24, 2.45) is 0 Å². The molecule has 3 aromatic rings. The van der Waals surface area contributed by atoms with Crippen molar-refractivity contribution in [3.8, 4) is 0 Å². The second-order valence-electron chi connectivity index (χ2n) is 7.14. The minimum Gasteiger partial charge on any atom is -0.382 e. The van der Waals surface area contributed by atoms with E-state index in [1.54, 1.807) is 17.0 Å². The van der Waals surface area contributed by atoms with Gasteiger partial charge in [-0.15, -0.1) is 0 Å². The number of rotatable bonds is 6. The summed E-state index contributed by atoms with van der Waals surface area (Å²) in [6.45, 7) is 1.01. The van der Waals surface area contributed by atoms with Crippen molar-refractivity contribution in [2.45, 2.75) is 25.2 Å². The predicted octanol–water partition coefficient (Wildman–Crippen LogP) is 3.59. The highest BCUT2D eigenvalue weighted by atomic mass is 35.5. The van der Waals surface area contributed by atoms with Gasteiger partial charge in [0, 0.05) is 25.8 Å². The van der Waals surface area contributed by atoms with Gasteiger partial charge in [-0.05, 0) is 11.6 Å². The Morgan fingerprint density at radius 3 is 2.77 bits per heavy atom. The molecule has 11 heteroatoms. The van der Waals surface area contributed by atoms with Gasteiger partial charge in [0.2, 0.25) is 6.41 Å². The number of anilines is 1. The fourth-order valence-corrected chi connectivity index (χ4v) is 4.20. The number of halogens is 4. The molecule has 7 nitrogen and oxygen atoms in total. The van der Waals surface area contributed by atoms with E-state index in [-0.39, 0.29) is 17.3 Å². The van der Waals surface area contributed by atoms with Gasteiger partial charge in [-0.2, -0.15) is 23.0 Å². The van der Waals surface area contributed by atoms with Crippen LogP contribution >= 0.6 is 11.6 Å². The van der Waals surface area contributed by atoms with Gasteiger partial charge in [-0.3, -0.25) is 4.79 Å². The highest BCUT2D eigenvalue weighted by Crippen LogP contribution is 2.37. The molecule has 3 heterocycles. The van der Waals surface area contributed by atoms with Crippen molar-refractivity contribution in [1.29, 1.82) is 0 Å². The van der Waals surface area contributed by atoms with Crippen LogP contribution in [0.15, 0.2) is 36.8 Å². The summed E-state index contributed by atoms with van der Waals surface area (Å²) in [5.41, 5.74) is 1.62. The van der Waals surface area contributed by atoms with Crippen molar-refractivity contribution >= 4 is 23.7 Å². The number of hydrogen-bond donors (Lipinski definition) is 0. The zero-order valence-corrected chi connectivity index (χ0v) is 17.3. The van der Waals surface area contributed by atoms with E-state index >= 15 is 0 Å². The summed E-state index contributed by atoms with van der Waals surface area (Å²) >= 11 is 6.20. The number of imidazole rings is 1. The number of ether oxygens (including phenoxy) is 1. The Labute approximate surface area is 181 Å². The maximum absolute atomic E-state index is 13.6. The fraction of sp³-hybridized carbons (Fsp3) is 0.350. The Morgan fingerprint density at radius 2 is 2.10 bits per heavy atom. The van der Waals surface area contributed by atoms with Gasteiger partial charge in [0.05, 0.1) is 48.7 Å². The number of fused-ring (bicyclic) bond motifs is 1. The molecular weight excluding hydrogens is 435 g/mol. The Balaban J connectivity index is 1.69. The van der Waals surface area contributed by atoms with Crippen LogP contribution in [0, 0.1) is 0 Å². The summed E-state index contributed by atoms with van der Waals surface area (Å²) in [6, 6.07) is 4.84. The van der Waals surface area contributed by atoms with Crippen molar-refractivity contribution in [3.63, 3.8) is 0 Å². The van der Waals surface area contributed by atoms with Gasteiger partial charge < -0.3 is 14.2 Å². The summed E-state index contributed by atoms with van der Waals surface area (Å²) in [4.78, 5) is 17.4. The van der Waals surface area contributed by atoms with Gasteiger partial charge in [0.25, 0.3) is 0 Å². The first-order valence-corrected chi connectivity index (χ1v) is 9.85. The fourth-order valence-electron chi connectivity index (χ4n) is 3.95. The summed E-state index contributed by atoms with van der Waals surface area (Å²) in [5, 5.41) is 4.12. The third kappa shape index (κ3) is 3.92. The molecule has 0 radical (unpaired) electrons. The predicted molar refractivity (Wildman–Crippen MR) is 108 cm³/mol. The molecule has 1 unspecified atom stereocenters. The number of methoxy groups -OCH3 is 1. The summed E-state index contributed by atoms with van der Waals surface area (Å²) < 4.78 is 48.9. The smallest absolute Gasteiger partial charge is 0.382 e. The quantitative estimate of drug-likeness (QED) is 0.534. The zero-order valence-electron chi connectivity index (χ0n) is 16.5. The first-order chi connectivity index (χ1) is 14.8. The van der Waals surface area contributed by atoms with Crippen molar-refractivity contribution in [2.75, 3.05) is 25.2 Å². The number of nitrogens with zero attached hydrogens (tertiary/aromatic N) is 5. The Morgan fingerprint density at radius 1 is 1.32 bits per heavy atom. The zero-order chi connectivity index (χ0) is 22.2. The molecule has 0 spiro atoms. The lowest BCUT2D eigenvalue weighted by Gasteiger charge is -2.30. The molecule has 1 aliphatic rings. The van der Waals surface area contributed by atoms with Crippen LogP contribution in [0.25, 0.3) is 0 Å². The van der Waals surface area contributed by atoms with E-state index in [4.69, 9.17) is 16.3 Å². The summed E-state index contributed by atoms with van der Waals surface area (Å²) in [5.74, 6) is 0. The van der Waals surface area contributed by atoms with Crippen LogP contribution in [-0.2, 0) is 28.7 Å². The average Bonchev–Trinajstić information content (AvgIpc) is 3.34. The molecule has 0 amide bonds. The van der Waals surface area contributed by atoms with E-state index in [1.165, 1.54) is 25.4 Å². The molecule has 0 N–H and O–H groups in total. The largest absolute Gasteiger partial charge is 0.416 e. The number of alkyl halides is 3. The summed E-state index contributed by atoms with van der Waals surface area (Å²) in [7, 11) is 1.46. The average molecular weight is 454 g/mol. The maximum Gasteiger partial charge on any atom is 0.416 e. The van der Waals surface area contributed by atoms with Gasteiger partial charge in [0.15, 0.2) is 5.15 Å². The van der Waals surface area contributed by atoms with Crippen LogP contribution in [0.3, 0.4) is 0 Å². The van der Waals surface area contributed by atoms with E-state index in [2.05, 4.69) is 10.1 Å². The Bertz CT molecular complexity index is 1090. The summed E-state index contributed by atoms with van der Waals surface area (Å²) in [6.07, 6.45) is -0.362. The second-order valence-corrected chi connectivity index (χ2v) is 7.50. The van der Waals surface area contributed by atoms with E-state index in [0.29, 0.717) is 31.6 Å². The van der Waals surface area contributed by atoms with E-state index < -0.39 is 17.8 Å². The molecule has 1 atom stereocenters. The van der Waals surface area contributed by atoms with Crippen LogP contribution < -0.4 is 4.90 Å². The molecule has 0 saturated heterocycles.